The number of anilines is 1. The molecule has 1 unspecified atom stereocenters. The van der Waals surface area contributed by atoms with E-state index in [1.165, 1.54) is 0 Å². The molecule has 0 aromatic carbocycles. The molecule has 6 nitrogen and oxygen atoms in total. The SMILES string of the molecule is CC(C)(C)OC(=O)N1CC2C[C@@H](Nc3cnc(I)cn3)C[C@@H]2C1. The van der Waals surface area contributed by atoms with E-state index < -0.39 is 5.60 Å². The van der Waals surface area contributed by atoms with Crippen molar-refractivity contribution in [1.82, 2.24) is 14.9 Å². The Morgan fingerprint density at radius 2 is 1.91 bits per heavy atom. The lowest BCUT2D eigenvalue weighted by Crippen LogP contribution is -2.36. The average Bonchev–Trinajstić information content (AvgIpc) is 2.97. The van der Waals surface area contributed by atoms with Crippen LogP contribution in [-0.4, -0.2) is 45.7 Å². The normalized spacial score (nSPS) is 27.0. The zero-order chi connectivity index (χ0) is 16.6. The second kappa shape index (κ2) is 6.41. The first-order valence-corrected chi connectivity index (χ1v) is 9.10. The molecule has 1 aromatic heterocycles. The number of amides is 1. The molecule has 2 fully saturated rings. The standard InChI is InChI=1S/C16H23IN4O2/c1-16(2,3)23-15(22)21-8-10-4-12(5-11(10)9-21)20-14-7-18-13(17)6-19-14/h6-7,10-12H,4-5,8-9H2,1-3H3,(H,19,20)/t10-,11?,12+/m1/s1. The number of rotatable bonds is 2. The molecule has 126 valence electrons. The van der Waals surface area contributed by atoms with Crippen molar-refractivity contribution in [1.29, 1.82) is 0 Å². The second-order valence-corrected chi connectivity index (χ2v) is 8.55. The molecule has 3 rings (SSSR count). The molecule has 23 heavy (non-hydrogen) atoms. The minimum atomic E-state index is -0.428. The quantitative estimate of drug-likeness (QED) is 0.731. The Hall–Kier alpha value is -1.12. The first kappa shape index (κ1) is 16.7. The molecule has 1 aliphatic carbocycles. The van der Waals surface area contributed by atoms with Crippen molar-refractivity contribution in [2.75, 3.05) is 18.4 Å². The Kier molecular flexibility index (Phi) is 4.66. The fourth-order valence-corrected chi connectivity index (χ4v) is 3.77. The molecular formula is C16H23IN4O2. The second-order valence-electron chi connectivity index (χ2n) is 7.44. The van der Waals surface area contributed by atoms with Crippen LogP contribution in [0, 0.1) is 15.5 Å². The fraction of sp³-hybridized carbons (Fsp3) is 0.688. The molecule has 1 aromatic rings. The van der Waals surface area contributed by atoms with E-state index in [2.05, 4.69) is 37.9 Å². The number of likely N-dealkylation sites (tertiary alicyclic amines) is 1. The summed E-state index contributed by atoms with van der Waals surface area (Å²) < 4.78 is 6.37. The van der Waals surface area contributed by atoms with Gasteiger partial charge in [0.2, 0.25) is 0 Å². The molecule has 0 spiro atoms. The minimum Gasteiger partial charge on any atom is -0.444 e. The van der Waals surface area contributed by atoms with E-state index in [-0.39, 0.29) is 6.09 Å². The molecule has 2 heterocycles. The van der Waals surface area contributed by atoms with Crippen molar-refractivity contribution in [2.24, 2.45) is 11.8 Å². The first-order chi connectivity index (χ1) is 10.8. The van der Waals surface area contributed by atoms with Gasteiger partial charge in [-0.2, -0.15) is 0 Å². The molecule has 7 heteroatoms. The van der Waals surface area contributed by atoms with Crippen molar-refractivity contribution >= 4 is 34.5 Å². The average molecular weight is 430 g/mol. The summed E-state index contributed by atoms with van der Waals surface area (Å²) >= 11 is 2.15. The van der Waals surface area contributed by atoms with E-state index in [4.69, 9.17) is 4.74 Å². The summed E-state index contributed by atoms with van der Waals surface area (Å²) in [6, 6.07) is 0.417. The summed E-state index contributed by atoms with van der Waals surface area (Å²) in [7, 11) is 0. The molecular weight excluding hydrogens is 407 g/mol. The van der Waals surface area contributed by atoms with Crippen LogP contribution in [-0.2, 0) is 4.74 Å². The molecule has 0 radical (unpaired) electrons. The lowest BCUT2D eigenvalue weighted by Gasteiger charge is -2.25. The van der Waals surface area contributed by atoms with Crippen LogP contribution >= 0.6 is 22.6 Å². The lowest BCUT2D eigenvalue weighted by atomic mass is 10.0. The highest BCUT2D eigenvalue weighted by Crippen LogP contribution is 2.39. The third kappa shape index (κ3) is 4.24. The van der Waals surface area contributed by atoms with Gasteiger partial charge in [0.1, 0.15) is 15.1 Å². The fourth-order valence-electron chi connectivity index (χ4n) is 3.49. The van der Waals surface area contributed by atoms with Gasteiger partial charge >= 0.3 is 6.09 Å². The van der Waals surface area contributed by atoms with Gasteiger partial charge in [0, 0.05) is 19.1 Å². The maximum Gasteiger partial charge on any atom is 0.410 e. The third-order valence-electron chi connectivity index (χ3n) is 4.38. The van der Waals surface area contributed by atoms with Crippen LogP contribution < -0.4 is 5.32 Å². The van der Waals surface area contributed by atoms with Gasteiger partial charge in [-0.05, 0) is 68.0 Å². The molecule has 1 amide bonds. The van der Waals surface area contributed by atoms with Crippen LogP contribution in [0.2, 0.25) is 0 Å². The van der Waals surface area contributed by atoms with Gasteiger partial charge in [-0.25, -0.2) is 14.8 Å². The van der Waals surface area contributed by atoms with E-state index in [1.54, 1.807) is 12.4 Å². The Balaban J connectivity index is 1.51. The van der Waals surface area contributed by atoms with Crippen LogP contribution in [0.25, 0.3) is 0 Å². The van der Waals surface area contributed by atoms with Crippen LogP contribution in [0.3, 0.4) is 0 Å². The summed E-state index contributed by atoms with van der Waals surface area (Å²) in [6.07, 6.45) is 5.50. The summed E-state index contributed by atoms with van der Waals surface area (Å²) in [5, 5.41) is 3.47. The number of halogens is 1. The summed E-state index contributed by atoms with van der Waals surface area (Å²) in [5.41, 5.74) is -0.428. The zero-order valence-electron chi connectivity index (χ0n) is 13.8. The monoisotopic (exact) mass is 430 g/mol. The number of hydrogen-bond acceptors (Lipinski definition) is 5. The van der Waals surface area contributed by atoms with E-state index in [0.717, 1.165) is 35.4 Å². The predicted octanol–water partition coefficient (Wildman–Crippen LogP) is 3.14. The van der Waals surface area contributed by atoms with Crippen LogP contribution in [0.4, 0.5) is 10.6 Å². The maximum atomic E-state index is 12.2. The Morgan fingerprint density at radius 1 is 1.26 bits per heavy atom. The summed E-state index contributed by atoms with van der Waals surface area (Å²) in [5.74, 6) is 1.94. The summed E-state index contributed by atoms with van der Waals surface area (Å²) in [6.45, 7) is 7.32. The van der Waals surface area contributed by atoms with Crippen molar-refractivity contribution in [2.45, 2.75) is 45.3 Å². The van der Waals surface area contributed by atoms with Gasteiger partial charge in [-0.1, -0.05) is 0 Å². The molecule has 1 N–H and O–H groups in total. The van der Waals surface area contributed by atoms with Crippen LogP contribution in [0.5, 0.6) is 0 Å². The van der Waals surface area contributed by atoms with E-state index in [0.29, 0.717) is 17.9 Å². The number of carbonyl (C=O) groups is 1. The number of carbonyl (C=O) groups excluding carboxylic acids is 1. The van der Waals surface area contributed by atoms with E-state index >= 15 is 0 Å². The molecule has 3 atom stereocenters. The van der Waals surface area contributed by atoms with Crippen molar-refractivity contribution < 1.29 is 9.53 Å². The summed E-state index contributed by atoms with van der Waals surface area (Å²) in [4.78, 5) is 22.6. The number of hydrogen-bond donors (Lipinski definition) is 1. The zero-order valence-corrected chi connectivity index (χ0v) is 15.9. The van der Waals surface area contributed by atoms with Crippen molar-refractivity contribution in [3.63, 3.8) is 0 Å². The Labute approximate surface area is 150 Å². The van der Waals surface area contributed by atoms with Crippen molar-refractivity contribution in [3.05, 3.63) is 16.1 Å². The van der Waals surface area contributed by atoms with Gasteiger partial charge in [0.15, 0.2) is 0 Å². The van der Waals surface area contributed by atoms with E-state index in [1.807, 2.05) is 25.7 Å². The van der Waals surface area contributed by atoms with E-state index in [9.17, 15) is 4.79 Å². The highest BCUT2D eigenvalue weighted by atomic mass is 127. The van der Waals surface area contributed by atoms with Gasteiger partial charge in [0.25, 0.3) is 0 Å². The predicted molar refractivity (Wildman–Crippen MR) is 96.2 cm³/mol. The lowest BCUT2D eigenvalue weighted by molar-refractivity contribution is 0.0280. The molecule has 1 saturated carbocycles. The first-order valence-electron chi connectivity index (χ1n) is 8.02. The van der Waals surface area contributed by atoms with Crippen LogP contribution in [0.15, 0.2) is 12.4 Å². The minimum absolute atomic E-state index is 0.181. The van der Waals surface area contributed by atoms with Crippen molar-refractivity contribution in [3.8, 4) is 0 Å². The molecule has 2 aliphatic rings. The molecule has 1 saturated heterocycles. The number of ether oxygens (including phenoxy) is 1. The Bertz CT molecular complexity index is 558. The third-order valence-corrected chi connectivity index (χ3v) is 4.93. The van der Waals surface area contributed by atoms with Gasteiger partial charge < -0.3 is 15.0 Å². The number of aromatic nitrogens is 2. The maximum absolute atomic E-state index is 12.2. The highest BCUT2D eigenvalue weighted by molar-refractivity contribution is 14.1. The number of nitrogens with zero attached hydrogens (tertiary/aromatic N) is 3. The van der Waals surface area contributed by atoms with Gasteiger partial charge in [0.05, 0.1) is 12.4 Å². The molecule has 0 bridgehead atoms. The van der Waals surface area contributed by atoms with Crippen LogP contribution in [0.1, 0.15) is 33.6 Å². The number of fused-ring (bicyclic) bond motifs is 1. The van der Waals surface area contributed by atoms with Gasteiger partial charge in [-0.3, -0.25) is 0 Å². The largest absolute Gasteiger partial charge is 0.444 e. The van der Waals surface area contributed by atoms with Gasteiger partial charge in [-0.15, -0.1) is 0 Å². The molecule has 1 aliphatic heterocycles. The smallest absolute Gasteiger partial charge is 0.410 e. The highest BCUT2D eigenvalue weighted by Gasteiger charge is 2.43. The Morgan fingerprint density at radius 3 is 2.43 bits per heavy atom. The topological polar surface area (TPSA) is 67.3 Å². The number of nitrogens with one attached hydrogen (secondary N) is 1.